The summed E-state index contributed by atoms with van der Waals surface area (Å²) in [6.07, 6.45) is 5.74. The van der Waals surface area contributed by atoms with Gasteiger partial charge in [-0.2, -0.15) is 0 Å². The van der Waals surface area contributed by atoms with Gasteiger partial charge in [0.05, 0.1) is 0 Å². The number of fused-ring (bicyclic) bond motifs is 2. The number of nitrogens with one attached hydrogen (secondary N) is 1. The molecule has 2 saturated carbocycles. The molecule has 2 aliphatic rings. The second-order valence-electron chi connectivity index (χ2n) is 5.95. The molecule has 0 amide bonds. The van der Waals surface area contributed by atoms with Crippen LogP contribution in [0.4, 0.5) is 11.6 Å². The monoisotopic (exact) mass is 246 g/mol. The Kier molecular flexibility index (Phi) is 2.88. The van der Waals surface area contributed by atoms with Crippen molar-refractivity contribution in [1.29, 1.82) is 0 Å². The highest BCUT2D eigenvalue weighted by Crippen LogP contribution is 2.48. The van der Waals surface area contributed by atoms with Gasteiger partial charge in [-0.15, -0.1) is 0 Å². The van der Waals surface area contributed by atoms with Crippen LogP contribution >= 0.6 is 0 Å². The van der Waals surface area contributed by atoms with Crippen molar-refractivity contribution in [1.82, 2.24) is 9.97 Å². The number of anilines is 2. The van der Waals surface area contributed by atoms with E-state index in [9.17, 15) is 0 Å². The Balaban J connectivity index is 1.66. The van der Waals surface area contributed by atoms with E-state index in [0.717, 1.165) is 41.5 Å². The lowest BCUT2D eigenvalue weighted by atomic mass is 9.89. The minimum absolute atomic E-state index is 0.595. The van der Waals surface area contributed by atoms with E-state index in [1.54, 1.807) is 0 Å². The van der Waals surface area contributed by atoms with Crippen LogP contribution in [-0.2, 0) is 0 Å². The van der Waals surface area contributed by atoms with Crippen LogP contribution in [0.15, 0.2) is 0 Å². The van der Waals surface area contributed by atoms with Crippen LogP contribution in [0.25, 0.3) is 0 Å². The molecule has 0 aromatic carbocycles. The maximum absolute atomic E-state index is 5.87. The highest BCUT2D eigenvalue weighted by Gasteiger charge is 2.39. The predicted octanol–water partition coefficient (Wildman–Crippen LogP) is 2.52. The molecule has 1 heterocycles. The number of rotatable bonds is 3. The third kappa shape index (κ3) is 2.04. The molecule has 4 heteroatoms. The minimum atomic E-state index is 0.595. The second kappa shape index (κ2) is 4.41. The first-order valence-electron chi connectivity index (χ1n) is 6.98. The van der Waals surface area contributed by atoms with Crippen molar-refractivity contribution in [3.63, 3.8) is 0 Å². The van der Waals surface area contributed by atoms with Gasteiger partial charge in [0, 0.05) is 12.1 Å². The van der Waals surface area contributed by atoms with Crippen molar-refractivity contribution in [3.8, 4) is 0 Å². The Morgan fingerprint density at radius 2 is 2.06 bits per heavy atom. The van der Waals surface area contributed by atoms with E-state index in [2.05, 4.69) is 15.3 Å². The summed E-state index contributed by atoms with van der Waals surface area (Å²) in [6, 6.07) is 0. The molecule has 2 bridgehead atoms. The Labute approximate surface area is 108 Å². The van der Waals surface area contributed by atoms with E-state index < -0.39 is 0 Å². The van der Waals surface area contributed by atoms with Gasteiger partial charge >= 0.3 is 0 Å². The zero-order valence-electron chi connectivity index (χ0n) is 11.2. The van der Waals surface area contributed by atoms with Crippen molar-refractivity contribution in [2.24, 2.45) is 17.8 Å². The van der Waals surface area contributed by atoms with Crippen LogP contribution < -0.4 is 11.1 Å². The van der Waals surface area contributed by atoms with Gasteiger partial charge in [-0.25, -0.2) is 9.97 Å². The van der Waals surface area contributed by atoms with Gasteiger partial charge in [0.25, 0.3) is 0 Å². The molecule has 3 unspecified atom stereocenters. The molecule has 98 valence electrons. The van der Waals surface area contributed by atoms with E-state index in [1.165, 1.54) is 25.7 Å². The first kappa shape index (κ1) is 11.8. The average molecular weight is 246 g/mol. The quantitative estimate of drug-likeness (QED) is 0.860. The highest BCUT2D eigenvalue weighted by molar-refractivity contribution is 5.54. The zero-order chi connectivity index (χ0) is 12.7. The lowest BCUT2D eigenvalue weighted by Crippen LogP contribution is -2.21. The molecule has 1 aromatic heterocycles. The highest BCUT2D eigenvalue weighted by atomic mass is 15.1. The first-order valence-corrected chi connectivity index (χ1v) is 6.98. The van der Waals surface area contributed by atoms with Gasteiger partial charge in [-0.1, -0.05) is 6.42 Å². The molecule has 4 nitrogen and oxygen atoms in total. The fourth-order valence-corrected chi connectivity index (χ4v) is 3.68. The Bertz CT molecular complexity index is 457. The number of hydrogen-bond donors (Lipinski definition) is 2. The first-order chi connectivity index (χ1) is 8.63. The molecule has 0 aliphatic heterocycles. The van der Waals surface area contributed by atoms with Crippen LogP contribution in [0, 0.1) is 31.6 Å². The number of nitrogens with two attached hydrogens (primary N) is 1. The van der Waals surface area contributed by atoms with Gasteiger partial charge in [-0.3, -0.25) is 0 Å². The fraction of sp³-hybridized carbons (Fsp3) is 0.714. The van der Waals surface area contributed by atoms with Gasteiger partial charge in [0.15, 0.2) is 0 Å². The molecular formula is C14H22N4. The van der Waals surface area contributed by atoms with E-state index in [-0.39, 0.29) is 0 Å². The normalized spacial score (nSPS) is 29.8. The van der Waals surface area contributed by atoms with E-state index >= 15 is 0 Å². The van der Waals surface area contributed by atoms with E-state index in [4.69, 9.17) is 5.73 Å². The van der Waals surface area contributed by atoms with Crippen molar-refractivity contribution in [2.75, 3.05) is 17.6 Å². The zero-order valence-corrected chi connectivity index (χ0v) is 11.2. The number of aromatic nitrogens is 2. The maximum atomic E-state index is 5.87. The summed E-state index contributed by atoms with van der Waals surface area (Å²) in [5.41, 5.74) is 6.85. The molecule has 2 aliphatic carbocycles. The van der Waals surface area contributed by atoms with Crippen LogP contribution in [0.1, 0.15) is 37.1 Å². The smallest absolute Gasteiger partial charge is 0.134 e. The maximum Gasteiger partial charge on any atom is 0.134 e. The SMILES string of the molecule is Cc1nc(N)c(C)c(NCC2CC3CCC2C3)n1. The third-order valence-corrected chi connectivity index (χ3v) is 4.71. The van der Waals surface area contributed by atoms with Crippen LogP contribution in [0.2, 0.25) is 0 Å². The molecule has 3 rings (SSSR count). The Morgan fingerprint density at radius 1 is 1.22 bits per heavy atom. The van der Waals surface area contributed by atoms with Crippen LogP contribution in [-0.4, -0.2) is 16.5 Å². The van der Waals surface area contributed by atoms with Crippen molar-refractivity contribution < 1.29 is 0 Å². The van der Waals surface area contributed by atoms with Crippen molar-refractivity contribution in [3.05, 3.63) is 11.4 Å². The molecule has 3 N–H and O–H groups in total. The molecule has 3 atom stereocenters. The fourth-order valence-electron chi connectivity index (χ4n) is 3.68. The molecule has 18 heavy (non-hydrogen) atoms. The standard InChI is InChI=1S/C14H22N4/c1-8-13(15)17-9(2)18-14(8)16-7-12-6-10-3-4-11(12)5-10/h10-12H,3-7H2,1-2H3,(H3,15,16,17,18). The lowest BCUT2D eigenvalue weighted by molar-refractivity contribution is 0.348. The number of nitrogens with zero attached hydrogens (tertiary/aromatic N) is 2. The predicted molar refractivity (Wildman–Crippen MR) is 73.3 cm³/mol. The Hall–Kier alpha value is -1.32. The molecule has 0 spiro atoms. The second-order valence-corrected chi connectivity index (χ2v) is 5.95. The lowest BCUT2D eigenvalue weighted by Gasteiger charge is -2.22. The molecule has 1 aromatic rings. The summed E-state index contributed by atoms with van der Waals surface area (Å²) in [6.45, 7) is 4.91. The number of hydrogen-bond acceptors (Lipinski definition) is 4. The summed E-state index contributed by atoms with van der Waals surface area (Å²) in [4.78, 5) is 8.63. The summed E-state index contributed by atoms with van der Waals surface area (Å²) in [5, 5.41) is 3.49. The van der Waals surface area contributed by atoms with Gasteiger partial charge in [-0.05, 0) is 50.9 Å². The summed E-state index contributed by atoms with van der Waals surface area (Å²) >= 11 is 0. The molecule has 0 saturated heterocycles. The Morgan fingerprint density at radius 3 is 2.72 bits per heavy atom. The van der Waals surface area contributed by atoms with Crippen LogP contribution in [0.5, 0.6) is 0 Å². The van der Waals surface area contributed by atoms with Crippen molar-refractivity contribution >= 4 is 11.6 Å². The topological polar surface area (TPSA) is 63.8 Å². The summed E-state index contributed by atoms with van der Waals surface area (Å²) in [7, 11) is 0. The van der Waals surface area contributed by atoms with Crippen molar-refractivity contribution in [2.45, 2.75) is 39.5 Å². The number of aryl methyl sites for hydroxylation is 1. The summed E-state index contributed by atoms with van der Waals surface area (Å²) in [5.74, 6) is 5.04. The van der Waals surface area contributed by atoms with Gasteiger partial charge < -0.3 is 11.1 Å². The van der Waals surface area contributed by atoms with Crippen LogP contribution in [0.3, 0.4) is 0 Å². The largest absolute Gasteiger partial charge is 0.383 e. The number of nitrogen functional groups attached to an aromatic ring is 1. The van der Waals surface area contributed by atoms with Gasteiger partial charge in [0.2, 0.25) is 0 Å². The summed E-state index contributed by atoms with van der Waals surface area (Å²) < 4.78 is 0. The van der Waals surface area contributed by atoms with E-state index in [0.29, 0.717) is 5.82 Å². The van der Waals surface area contributed by atoms with E-state index in [1.807, 2.05) is 13.8 Å². The molecule has 2 fully saturated rings. The van der Waals surface area contributed by atoms with Gasteiger partial charge in [0.1, 0.15) is 17.5 Å². The average Bonchev–Trinajstić information content (AvgIpc) is 2.93. The molecular weight excluding hydrogens is 224 g/mol. The minimum Gasteiger partial charge on any atom is -0.383 e. The third-order valence-electron chi connectivity index (χ3n) is 4.71. The molecule has 0 radical (unpaired) electrons.